The van der Waals surface area contributed by atoms with E-state index in [0.29, 0.717) is 12.8 Å². The van der Waals surface area contributed by atoms with Crippen LogP contribution >= 0.6 is 0 Å². The van der Waals surface area contributed by atoms with E-state index in [9.17, 15) is 19.5 Å². The van der Waals surface area contributed by atoms with Gasteiger partial charge in [0.1, 0.15) is 12.2 Å². The van der Waals surface area contributed by atoms with E-state index in [1.54, 1.807) is 13.8 Å². The molecule has 33 heavy (non-hydrogen) atoms. The summed E-state index contributed by atoms with van der Waals surface area (Å²) in [5.74, 6) is -0.830. The number of fused-ring (bicyclic) bond motifs is 1. The van der Waals surface area contributed by atoms with Gasteiger partial charge in [0, 0.05) is 18.8 Å². The normalized spacial score (nSPS) is 34.2. The van der Waals surface area contributed by atoms with Crippen LogP contribution < -0.4 is 0 Å². The molecule has 0 spiro atoms. The number of hydrogen-bond acceptors (Lipinski definition) is 6. The van der Waals surface area contributed by atoms with Crippen LogP contribution in [-0.4, -0.2) is 46.4 Å². The van der Waals surface area contributed by atoms with Crippen molar-refractivity contribution in [3.8, 4) is 0 Å². The number of cyclic esters (lactones) is 1. The molecule has 7 nitrogen and oxygen atoms in total. The average Bonchev–Trinajstić information content (AvgIpc) is 2.71. The summed E-state index contributed by atoms with van der Waals surface area (Å²) in [5, 5.41) is 19.0. The molecule has 3 rings (SSSR count). The third kappa shape index (κ3) is 6.46. The van der Waals surface area contributed by atoms with Gasteiger partial charge in [-0.2, -0.15) is 0 Å². The van der Waals surface area contributed by atoms with Crippen molar-refractivity contribution in [2.45, 2.75) is 91.0 Å². The van der Waals surface area contributed by atoms with Gasteiger partial charge in [-0.15, -0.1) is 0 Å². The molecule has 2 N–H and O–H groups in total. The predicted molar refractivity (Wildman–Crippen MR) is 122 cm³/mol. The Morgan fingerprint density at radius 2 is 1.94 bits per heavy atom. The number of ether oxygens (including phenoxy) is 2. The fraction of sp³-hybridized carbons (Fsp3) is 0.731. The Morgan fingerprint density at radius 3 is 2.61 bits per heavy atom. The summed E-state index contributed by atoms with van der Waals surface area (Å²) in [7, 11) is 0. The molecule has 0 aromatic carbocycles. The number of esters is 2. The second kappa shape index (κ2) is 10.4. The molecule has 0 aromatic heterocycles. The van der Waals surface area contributed by atoms with E-state index in [2.05, 4.69) is 32.1 Å². The van der Waals surface area contributed by atoms with Crippen molar-refractivity contribution in [1.29, 1.82) is 0 Å². The molecule has 0 amide bonds. The number of rotatable bonds is 8. The lowest BCUT2D eigenvalue weighted by Crippen LogP contribution is -2.43. The Morgan fingerprint density at radius 1 is 1.21 bits per heavy atom. The Labute approximate surface area is 196 Å². The summed E-state index contributed by atoms with van der Waals surface area (Å²) < 4.78 is 11.6. The topological polar surface area (TPSA) is 110 Å². The van der Waals surface area contributed by atoms with Crippen LogP contribution in [0.2, 0.25) is 0 Å². The zero-order chi connectivity index (χ0) is 24.3. The van der Waals surface area contributed by atoms with Crippen LogP contribution in [0.5, 0.6) is 0 Å². The molecule has 2 aliphatic carbocycles. The quantitative estimate of drug-likeness (QED) is 0.524. The molecule has 0 saturated carbocycles. The number of carbonyl (C=O) groups is 3. The zero-order valence-electron chi connectivity index (χ0n) is 20.2. The third-order valence-corrected chi connectivity index (χ3v) is 7.43. The number of allylic oxidation sites excluding steroid dienone is 3. The summed E-state index contributed by atoms with van der Waals surface area (Å²) >= 11 is 0. The van der Waals surface area contributed by atoms with E-state index in [1.807, 2.05) is 0 Å². The van der Waals surface area contributed by atoms with Crippen LogP contribution in [0.1, 0.15) is 72.6 Å². The molecule has 184 valence electrons. The first kappa shape index (κ1) is 25.5. The first-order valence-corrected chi connectivity index (χ1v) is 12.2. The highest BCUT2D eigenvalue weighted by atomic mass is 16.6. The van der Waals surface area contributed by atoms with Gasteiger partial charge in [0.25, 0.3) is 0 Å². The maximum absolute atomic E-state index is 13.1. The number of aliphatic hydroxyl groups is 1. The van der Waals surface area contributed by atoms with Gasteiger partial charge in [0.05, 0.1) is 17.9 Å². The van der Waals surface area contributed by atoms with Crippen molar-refractivity contribution < 1.29 is 34.1 Å². The molecule has 0 bridgehead atoms. The second-order valence-electron chi connectivity index (χ2n) is 10.8. The first-order chi connectivity index (χ1) is 15.5. The summed E-state index contributed by atoms with van der Waals surface area (Å²) in [4.78, 5) is 35.8. The van der Waals surface area contributed by atoms with E-state index in [1.165, 1.54) is 5.57 Å². The summed E-state index contributed by atoms with van der Waals surface area (Å²) in [5.41, 5.74) is 0.305. The third-order valence-electron chi connectivity index (χ3n) is 7.43. The average molecular weight is 463 g/mol. The van der Waals surface area contributed by atoms with E-state index >= 15 is 0 Å². The number of aliphatic hydroxyl groups excluding tert-OH is 1. The van der Waals surface area contributed by atoms with E-state index in [0.717, 1.165) is 12.8 Å². The lowest BCUT2D eigenvalue weighted by Gasteiger charge is -2.44. The molecule has 0 radical (unpaired) electrons. The molecular weight excluding hydrogens is 424 g/mol. The predicted octanol–water partition coefficient (Wildman–Crippen LogP) is 4.04. The summed E-state index contributed by atoms with van der Waals surface area (Å²) in [6, 6.07) is 0. The molecular formula is C26H38O7. The fourth-order valence-electron chi connectivity index (χ4n) is 5.46. The minimum Gasteiger partial charge on any atom is -0.481 e. The van der Waals surface area contributed by atoms with E-state index in [4.69, 9.17) is 14.6 Å². The lowest BCUT2D eigenvalue weighted by molar-refractivity contribution is -0.166. The molecule has 0 unspecified atom stereocenters. The first-order valence-electron chi connectivity index (χ1n) is 12.2. The van der Waals surface area contributed by atoms with Gasteiger partial charge in [0.15, 0.2) is 0 Å². The van der Waals surface area contributed by atoms with Gasteiger partial charge in [-0.3, -0.25) is 14.4 Å². The smallest absolute Gasteiger partial charge is 0.311 e. The lowest BCUT2D eigenvalue weighted by atomic mass is 9.65. The minimum atomic E-state index is -0.924. The molecule has 1 saturated heterocycles. The van der Waals surface area contributed by atoms with Gasteiger partial charge in [-0.1, -0.05) is 32.1 Å². The maximum Gasteiger partial charge on any atom is 0.311 e. The van der Waals surface area contributed by atoms with Crippen molar-refractivity contribution in [3.05, 3.63) is 23.8 Å². The highest BCUT2D eigenvalue weighted by molar-refractivity contribution is 5.77. The molecule has 1 aliphatic heterocycles. The van der Waals surface area contributed by atoms with Gasteiger partial charge in [-0.25, -0.2) is 0 Å². The molecule has 7 atom stereocenters. The van der Waals surface area contributed by atoms with Crippen LogP contribution in [-0.2, 0) is 23.9 Å². The second-order valence-corrected chi connectivity index (χ2v) is 10.8. The highest BCUT2D eigenvalue weighted by Crippen LogP contribution is 2.45. The van der Waals surface area contributed by atoms with Crippen molar-refractivity contribution in [1.82, 2.24) is 0 Å². The van der Waals surface area contributed by atoms with Crippen LogP contribution in [0.3, 0.4) is 0 Å². The molecule has 7 heteroatoms. The highest BCUT2D eigenvalue weighted by Gasteiger charge is 2.43. The summed E-state index contributed by atoms with van der Waals surface area (Å²) in [6.07, 6.45) is 8.23. The van der Waals surface area contributed by atoms with Crippen molar-refractivity contribution in [3.63, 3.8) is 0 Å². The number of carboxylic acid groups (broad SMARTS) is 1. The Balaban J connectivity index is 1.74. The van der Waals surface area contributed by atoms with Crippen molar-refractivity contribution >= 4 is 17.9 Å². The number of aliphatic carboxylic acids is 1. The molecule has 3 aliphatic rings. The van der Waals surface area contributed by atoms with Crippen molar-refractivity contribution in [2.24, 2.45) is 29.1 Å². The molecule has 1 fully saturated rings. The Hall–Kier alpha value is -2.15. The largest absolute Gasteiger partial charge is 0.481 e. The van der Waals surface area contributed by atoms with Crippen LogP contribution in [0.25, 0.3) is 0 Å². The van der Waals surface area contributed by atoms with Crippen LogP contribution in [0.4, 0.5) is 0 Å². The number of hydrogen-bond donors (Lipinski definition) is 2. The summed E-state index contributed by atoms with van der Waals surface area (Å²) in [6.45, 7) is 7.76. The molecule has 0 aromatic rings. The van der Waals surface area contributed by atoms with Gasteiger partial charge < -0.3 is 19.7 Å². The standard InChI is InChI=1S/C26H38O7/c1-15-11-17-6-5-16(2)20(8-7-19-13-18(27)14-23(30)32-19)24(17)21(12-15)33-25(31)26(3,4)10-9-22(28)29/h5-6,11,15-16,18-21,24,27H,7-10,12-14H2,1-4H3,(H,28,29)/t15-,16-,18+,19+,20-,21-,24-/m0/s1. The Bertz CT molecular complexity index is 811. The number of carbonyl (C=O) groups excluding carboxylic acids is 2. The van der Waals surface area contributed by atoms with E-state index in [-0.39, 0.29) is 67.1 Å². The zero-order valence-corrected chi connectivity index (χ0v) is 20.2. The van der Waals surface area contributed by atoms with Crippen molar-refractivity contribution in [2.75, 3.05) is 0 Å². The monoisotopic (exact) mass is 462 g/mol. The Kier molecular flexibility index (Phi) is 8.04. The van der Waals surface area contributed by atoms with Gasteiger partial charge >= 0.3 is 17.9 Å². The maximum atomic E-state index is 13.1. The molecule has 1 heterocycles. The van der Waals surface area contributed by atoms with Crippen LogP contribution in [0, 0.1) is 29.1 Å². The van der Waals surface area contributed by atoms with Gasteiger partial charge in [-0.05, 0) is 62.9 Å². The minimum absolute atomic E-state index is 0.0460. The van der Waals surface area contributed by atoms with Gasteiger partial charge in [0.2, 0.25) is 0 Å². The van der Waals surface area contributed by atoms with Crippen LogP contribution in [0.15, 0.2) is 23.8 Å². The SMILES string of the molecule is C[C@H]1C=C2C=C[C@H](C)[C@H](CC[C@@H]3C[C@@H](O)CC(=O)O3)[C@H]2[C@@H](OC(=O)C(C)(C)CCC(=O)O)C1. The number of carboxylic acids is 1. The fourth-order valence-corrected chi connectivity index (χ4v) is 5.46. The van der Waals surface area contributed by atoms with E-state index < -0.39 is 17.5 Å².